The van der Waals surface area contributed by atoms with Crippen molar-refractivity contribution in [1.29, 1.82) is 5.26 Å². The Kier molecular flexibility index (Phi) is 6.88. The number of hydrogen-bond donors (Lipinski definition) is 0. The topological polar surface area (TPSA) is 36.3 Å². The Morgan fingerprint density at radius 2 is 1.14 bits per heavy atom. The summed E-state index contributed by atoms with van der Waals surface area (Å²) in [7, 11) is 0. The van der Waals surface area contributed by atoms with E-state index in [4.69, 9.17) is 6.57 Å². The number of benzene rings is 7. The first-order valence-electron chi connectivity index (χ1n) is 17.1. The SMILES string of the molecule is [C-]#[N+]c1c(C#N)cccc1-c1cccc(-c2cc(N3c4ccccc4C(C)(C)c4ccccc43)cc(-n3c4ccccc4c4ccccc43)c2)c1. The number of anilines is 3. The van der Waals surface area contributed by atoms with Gasteiger partial charge in [-0.1, -0.05) is 123 Å². The number of aromatic nitrogens is 1. The molecule has 9 rings (SSSR count). The highest BCUT2D eigenvalue weighted by molar-refractivity contribution is 6.09. The predicted octanol–water partition coefficient (Wildman–Crippen LogP) is 12.6. The number of nitrogens with zero attached hydrogens (tertiary/aromatic N) is 4. The van der Waals surface area contributed by atoms with Crippen LogP contribution in [0, 0.1) is 17.9 Å². The Morgan fingerprint density at radius 1 is 0.569 bits per heavy atom. The maximum atomic E-state index is 9.75. The van der Waals surface area contributed by atoms with Gasteiger partial charge in [0.05, 0.1) is 40.6 Å². The van der Waals surface area contributed by atoms with Gasteiger partial charge in [-0.3, -0.25) is 0 Å². The number of para-hydroxylation sites is 5. The Hall–Kier alpha value is -6.88. The Morgan fingerprint density at radius 3 is 1.78 bits per heavy atom. The van der Waals surface area contributed by atoms with Crippen LogP contribution in [0.2, 0.25) is 0 Å². The summed E-state index contributed by atoms with van der Waals surface area (Å²) in [4.78, 5) is 6.18. The minimum absolute atomic E-state index is 0.177. The lowest BCUT2D eigenvalue weighted by molar-refractivity contribution is 0.632. The average molecular weight is 653 g/mol. The second-order valence-electron chi connectivity index (χ2n) is 13.6. The summed E-state index contributed by atoms with van der Waals surface area (Å²) in [5.74, 6) is 0. The van der Waals surface area contributed by atoms with Gasteiger partial charge in [0.1, 0.15) is 0 Å². The Bertz CT molecular complexity index is 2670. The molecule has 4 nitrogen and oxygen atoms in total. The molecule has 0 bridgehead atoms. The van der Waals surface area contributed by atoms with E-state index in [1.54, 1.807) is 6.07 Å². The lowest BCUT2D eigenvalue weighted by Gasteiger charge is -2.42. The first-order valence-corrected chi connectivity index (χ1v) is 17.1. The fraction of sp³-hybridized carbons (Fsp3) is 0.0638. The summed E-state index contributed by atoms with van der Waals surface area (Å²) < 4.78 is 2.38. The minimum Gasteiger partial charge on any atom is -0.310 e. The molecule has 0 atom stereocenters. The van der Waals surface area contributed by atoms with Gasteiger partial charge in [0, 0.05) is 27.6 Å². The van der Waals surface area contributed by atoms with Gasteiger partial charge in [0.2, 0.25) is 5.69 Å². The second kappa shape index (κ2) is 11.6. The van der Waals surface area contributed by atoms with E-state index in [9.17, 15) is 5.26 Å². The molecule has 51 heavy (non-hydrogen) atoms. The average Bonchev–Trinajstić information content (AvgIpc) is 3.52. The smallest absolute Gasteiger partial charge is 0.212 e. The summed E-state index contributed by atoms with van der Waals surface area (Å²) in [5, 5.41) is 12.2. The van der Waals surface area contributed by atoms with Crippen molar-refractivity contribution in [3.63, 3.8) is 0 Å². The molecule has 7 aromatic carbocycles. The van der Waals surface area contributed by atoms with Crippen LogP contribution >= 0.6 is 0 Å². The van der Waals surface area contributed by atoms with E-state index in [1.807, 2.05) is 24.3 Å². The van der Waals surface area contributed by atoms with Crippen LogP contribution < -0.4 is 4.90 Å². The van der Waals surface area contributed by atoms with Crippen LogP contribution in [-0.4, -0.2) is 4.57 Å². The zero-order valence-corrected chi connectivity index (χ0v) is 28.3. The van der Waals surface area contributed by atoms with E-state index >= 15 is 0 Å². The van der Waals surface area contributed by atoms with Crippen LogP contribution in [0.5, 0.6) is 0 Å². The van der Waals surface area contributed by atoms with Crippen molar-refractivity contribution in [1.82, 2.24) is 4.57 Å². The molecular weight excluding hydrogens is 621 g/mol. The molecule has 0 saturated carbocycles. The number of fused-ring (bicyclic) bond motifs is 5. The third-order valence-corrected chi connectivity index (χ3v) is 10.4. The van der Waals surface area contributed by atoms with Crippen LogP contribution in [0.4, 0.5) is 22.7 Å². The van der Waals surface area contributed by atoms with Gasteiger partial charge >= 0.3 is 0 Å². The minimum atomic E-state index is -0.177. The predicted molar refractivity (Wildman–Crippen MR) is 209 cm³/mol. The molecule has 0 radical (unpaired) electrons. The number of nitriles is 1. The summed E-state index contributed by atoms with van der Waals surface area (Å²) in [6.07, 6.45) is 0. The van der Waals surface area contributed by atoms with Crippen molar-refractivity contribution in [3.05, 3.63) is 186 Å². The maximum absolute atomic E-state index is 9.75. The molecule has 8 aromatic rings. The fourth-order valence-corrected chi connectivity index (χ4v) is 8.02. The third-order valence-electron chi connectivity index (χ3n) is 10.4. The molecule has 0 fully saturated rings. The van der Waals surface area contributed by atoms with Gasteiger partial charge in [-0.15, -0.1) is 0 Å². The molecule has 1 aliphatic rings. The van der Waals surface area contributed by atoms with E-state index in [0.717, 1.165) is 56.0 Å². The maximum Gasteiger partial charge on any atom is 0.212 e. The summed E-state index contributed by atoms with van der Waals surface area (Å²) in [6.45, 7) is 12.5. The molecular formula is C47H32N4. The number of rotatable bonds is 4. The lowest BCUT2D eigenvalue weighted by atomic mass is 9.73. The Balaban J connectivity index is 1.34. The lowest BCUT2D eigenvalue weighted by Crippen LogP contribution is -2.30. The highest BCUT2D eigenvalue weighted by Gasteiger charge is 2.36. The van der Waals surface area contributed by atoms with E-state index in [1.165, 1.54) is 21.9 Å². The molecule has 1 aliphatic heterocycles. The van der Waals surface area contributed by atoms with Crippen molar-refractivity contribution in [2.75, 3.05) is 4.90 Å². The molecule has 2 heterocycles. The number of hydrogen-bond acceptors (Lipinski definition) is 2. The van der Waals surface area contributed by atoms with E-state index in [0.29, 0.717) is 11.3 Å². The van der Waals surface area contributed by atoms with Gasteiger partial charge in [-0.05, 0) is 81.9 Å². The van der Waals surface area contributed by atoms with Crippen molar-refractivity contribution < 1.29 is 0 Å². The van der Waals surface area contributed by atoms with Crippen molar-refractivity contribution in [2.45, 2.75) is 19.3 Å². The highest BCUT2D eigenvalue weighted by atomic mass is 15.2. The van der Waals surface area contributed by atoms with Crippen molar-refractivity contribution in [3.8, 4) is 34.0 Å². The largest absolute Gasteiger partial charge is 0.310 e. The monoisotopic (exact) mass is 652 g/mol. The molecule has 240 valence electrons. The zero-order valence-electron chi connectivity index (χ0n) is 28.3. The Labute approximate surface area is 297 Å². The van der Waals surface area contributed by atoms with Gasteiger partial charge < -0.3 is 9.47 Å². The van der Waals surface area contributed by atoms with Crippen LogP contribution in [-0.2, 0) is 5.41 Å². The summed E-state index contributed by atoms with van der Waals surface area (Å²) >= 11 is 0. The van der Waals surface area contributed by atoms with Gasteiger partial charge in [0.15, 0.2) is 0 Å². The quantitative estimate of drug-likeness (QED) is 0.177. The van der Waals surface area contributed by atoms with E-state index in [2.05, 4.69) is 162 Å². The molecule has 0 amide bonds. The van der Waals surface area contributed by atoms with Gasteiger partial charge in [0.25, 0.3) is 0 Å². The molecule has 0 spiro atoms. The van der Waals surface area contributed by atoms with E-state index in [-0.39, 0.29) is 5.41 Å². The zero-order chi connectivity index (χ0) is 34.7. The molecule has 0 N–H and O–H groups in total. The molecule has 1 aromatic heterocycles. The molecule has 0 aliphatic carbocycles. The highest BCUT2D eigenvalue weighted by Crippen LogP contribution is 2.52. The van der Waals surface area contributed by atoms with E-state index < -0.39 is 0 Å². The fourth-order valence-electron chi connectivity index (χ4n) is 8.02. The molecule has 4 heteroatoms. The van der Waals surface area contributed by atoms with Gasteiger partial charge in [-0.25, -0.2) is 4.85 Å². The second-order valence-corrected chi connectivity index (χ2v) is 13.6. The molecule has 0 saturated heterocycles. The van der Waals surface area contributed by atoms with Crippen molar-refractivity contribution >= 4 is 44.6 Å². The van der Waals surface area contributed by atoms with Gasteiger partial charge in [-0.2, -0.15) is 5.26 Å². The third kappa shape index (κ3) is 4.66. The van der Waals surface area contributed by atoms with Crippen LogP contribution in [0.25, 0.3) is 54.6 Å². The van der Waals surface area contributed by atoms with Crippen LogP contribution in [0.1, 0.15) is 30.5 Å². The van der Waals surface area contributed by atoms with Crippen LogP contribution in [0.15, 0.2) is 158 Å². The summed E-state index contributed by atoms with van der Waals surface area (Å²) in [6, 6.07) is 57.6. The first kappa shape index (κ1) is 30.2. The van der Waals surface area contributed by atoms with Crippen LogP contribution in [0.3, 0.4) is 0 Å². The standard InChI is InChI=1S/C47H32N4/c1-47(2)40-20-6-10-24-44(40)51(45-25-11-7-21-41(45)47)36-28-34(31-14-12-15-32(26-31)37-19-13-16-33(30-48)46(37)49-3)27-35(29-36)50-42-22-8-4-17-38(42)39-18-5-9-23-43(39)50/h4-29H,1-2H3. The normalized spacial score (nSPS) is 13.0. The van der Waals surface area contributed by atoms with Crippen molar-refractivity contribution in [2.24, 2.45) is 0 Å². The first-order chi connectivity index (χ1) is 25.0. The molecule has 0 unspecified atom stereocenters. The summed E-state index contributed by atoms with van der Waals surface area (Å²) in [5.41, 5.74) is 13.6.